The molecule has 5 heteroatoms. The molecule has 0 aliphatic carbocycles. The van der Waals surface area contributed by atoms with Gasteiger partial charge < -0.3 is 5.11 Å². The summed E-state index contributed by atoms with van der Waals surface area (Å²) >= 11 is 0. The van der Waals surface area contributed by atoms with Crippen LogP contribution in [0.3, 0.4) is 0 Å². The lowest BCUT2D eigenvalue weighted by Gasteiger charge is -2.13. The molecule has 0 bridgehead atoms. The van der Waals surface area contributed by atoms with Gasteiger partial charge in [0, 0.05) is 6.20 Å². The van der Waals surface area contributed by atoms with Crippen molar-refractivity contribution in [3.05, 3.63) is 30.4 Å². The fourth-order valence-corrected chi connectivity index (χ4v) is 1.86. The van der Waals surface area contributed by atoms with E-state index in [-0.39, 0.29) is 5.92 Å². The van der Waals surface area contributed by atoms with Crippen LogP contribution in [0.2, 0.25) is 0 Å². The molecule has 0 saturated heterocycles. The molecule has 2 heterocycles. The van der Waals surface area contributed by atoms with Crippen molar-refractivity contribution in [2.75, 3.05) is 0 Å². The number of aromatic nitrogens is 3. The Kier molecular flexibility index (Phi) is 2.60. The van der Waals surface area contributed by atoms with E-state index in [0.717, 1.165) is 11.1 Å². The zero-order valence-corrected chi connectivity index (χ0v) is 9.16. The maximum atomic E-state index is 11.2. The number of hydrogen-bond donors (Lipinski definition) is 1. The molecule has 16 heavy (non-hydrogen) atoms. The highest BCUT2D eigenvalue weighted by Gasteiger charge is 2.24. The van der Waals surface area contributed by atoms with Crippen LogP contribution in [-0.4, -0.2) is 25.7 Å². The average molecular weight is 219 g/mol. The summed E-state index contributed by atoms with van der Waals surface area (Å²) in [6, 6.07) is 1.82. The molecule has 0 aliphatic heterocycles. The quantitative estimate of drug-likeness (QED) is 0.850. The first-order valence-electron chi connectivity index (χ1n) is 5.10. The molecule has 5 nitrogen and oxygen atoms in total. The second kappa shape index (κ2) is 3.92. The second-order valence-corrected chi connectivity index (χ2v) is 4.11. The smallest absolute Gasteiger partial charge is 0.311 e. The molecular formula is C11H13N3O2. The average Bonchev–Trinajstić information content (AvgIpc) is 2.58. The minimum absolute atomic E-state index is 0.0443. The fourth-order valence-electron chi connectivity index (χ4n) is 1.86. The number of rotatable bonds is 3. The van der Waals surface area contributed by atoms with Gasteiger partial charge >= 0.3 is 5.97 Å². The third-order valence-electron chi connectivity index (χ3n) is 2.59. The zero-order chi connectivity index (χ0) is 11.7. The standard InChI is InChI=1S/C11H13N3O2/c1-7(2)10(11(15)16)8-3-9-4-12-6-13-14(9)5-8/h3-7,10H,1-2H3,(H,15,16). The van der Waals surface area contributed by atoms with Gasteiger partial charge in [0.25, 0.3) is 0 Å². The zero-order valence-electron chi connectivity index (χ0n) is 9.16. The molecule has 0 amide bonds. The van der Waals surface area contributed by atoms with E-state index in [1.807, 2.05) is 19.9 Å². The van der Waals surface area contributed by atoms with E-state index in [0.29, 0.717) is 0 Å². The Labute approximate surface area is 92.7 Å². The Balaban J connectivity index is 2.49. The van der Waals surface area contributed by atoms with Crippen LogP contribution in [0.5, 0.6) is 0 Å². The summed E-state index contributed by atoms with van der Waals surface area (Å²) in [5.41, 5.74) is 1.58. The van der Waals surface area contributed by atoms with Crippen LogP contribution in [0.1, 0.15) is 25.3 Å². The van der Waals surface area contributed by atoms with Crippen molar-refractivity contribution in [3.63, 3.8) is 0 Å². The van der Waals surface area contributed by atoms with Crippen LogP contribution >= 0.6 is 0 Å². The monoisotopic (exact) mass is 219 g/mol. The number of carboxylic acid groups (broad SMARTS) is 1. The lowest BCUT2D eigenvalue weighted by molar-refractivity contribution is -0.139. The molecule has 84 valence electrons. The maximum absolute atomic E-state index is 11.2. The van der Waals surface area contributed by atoms with Crippen molar-refractivity contribution < 1.29 is 9.90 Å². The number of aliphatic carboxylic acids is 1. The summed E-state index contributed by atoms with van der Waals surface area (Å²) in [6.07, 6.45) is 4.84. The van der Waals surface area contributed by atoms with Crippen LogP contribution in [0.25, 0.3) is 5.52 Å². The highest BCUT2D eigenvalue weighted by atomic mass is 16.4. The van der Waals surface area contributed by atoms with E-state index in [9.17, 15) is 9.90 Å². The van der Waals surface area contributed by atoms with Crippen LogP contribution in [0.15, 0.2) is 24.8 Å². The Morgan fingerprint density at radius 2 is 2.25 bits per heavy atom. The lowest BCUT2D eigenvalue weighted by atomic mass is 9.90. The van der Waals surface area contributed by atoms with Gasteiger partial charge in [-0.05, 0) is 17.5 Å². The van der Waals surface area contributed by atoms with Gasteiger partial charge in [0.15, 0.2) is 0 Å². The van der Waals surface area contributed by atoms with Gasteiger partial charge in [-0.1, -0.05) is 13.8 Å². The van der Waals surface area contributed by atoms with Crippen molar-refractivity contribution >= 4 is 11.5 Å². The Hall–Kier alpha value is -1.91. The molecule has 1 N–H and O–H groups in total. The third kappa shape index (κ3) is 1.76. The molecule has 2 aromatic rings. The molecule has 0 spiro atoms. The predicted molar refractivity (Wildman–Crippen MR) is 58.2 cm³/mol. The first-order valence-corrected chi connectivity index (χ1v) is 5.10. The topological polar surface area (TPSA) is 67.5 Å². The van der Waals surface area contributed by atoms with Crippen molar-refractivity contribution in [3.8, 4) is 0 Å². The van der Waals surface area contributed by atoms with Gasteiger partial charge in [-0.15, -0.1) is 0 Å². The van der Waals surface area contributed by atoms with Gasteiger partial charge in [0.05, 0.1) is 17.6 Å². The van der Waals surface area contributed by atoms with Crippen LogP contribution in [0, 0.1) is 5.92 Å². The number of carboxylic acids is 1. The molecule has 0 radical (unpaired) electrons. The summed E-state index contributed by atoms with van der Waals surface area (Å²) in [5, 5.41) is 13.2. The summed E-state index contributed by atoms with van der Waals surface area (Å²) in [6.45, 7) is 3.79. The van der Waals surface area contributed by atoms with Crippen molar-refractivity contribution in [2.45, 2.75) is 19.8 Å². The van der Waals surface area contributed by atoms with Crippen LogP contribution in [-0.2, 0) is 4.79 Å². The van der Waals surface area contributed by atoms with Gasteiger partial charge in [0.2, 0.25) is 0 Å². The first kappa shape index (κ1) is 10.6. The lowest BCUT2D eigenvalue weighted by Crippen LogP contribution is -2.16. The normalized spacial score (nSPS) is 13.2. The van der Waals surface area contributed by atoms with Crippen molar-refractivity contribution in [1.29, 1.82) is 0 Å². The van der Waals surface area contributed by atoms with Crippen molar-refractivity contribution in [2.24, 2.45) is 5.92 Å². The van der Waals surface area contributed by atoms with Gasteiger partial charge in [-0.2, -0.15) is 5.10 Å². The third-order valence-corrected chi connectivity index (χ3v) is 2.59. The largest absolute Gasteiger partial charge is 0.481 e. The number of nitrogens with zero attached hydrogens (tertiary/aromatic N) is 3. The summed E-state index contributed by atoms with van der Waals surface area (Å²) < 4.78 is 1.64. The van der Waals surface area contributed by atoms with E-state index in [1.54, 1.807) is 16.9 Å². The van der Waals surface area contributed by atoms with E-state index in [1.165, 1.54) is 6.33 Å². The molecular weight excluding hydrogens is 206 g/mol. The molecule has 1 atom stereocenters. The highest BCUT2D eigenvalue weighted by Crippen LogP contribution is 2.26. The molecule has 0 saturated carbocycles. The predicted octanol–water partition coefficient (Wildman–Crippen LogP) is 1.55. The van der Waals surface area contributed by atoms with Crippen LogP contribution in [0.4, 0.5) is 0 Å². The molecule has 2 rings (SSSR count). The molecule has 1 unspecified atom stereocenters. The van der Waals surface area contributed by atoms with E-state index < -0.39 is 11.9 Å². The summed E-state index contributed by atoms with van der Waals surface area (Å²) in [5.74, 6) is -1.26. The first-order chi connectivity index (χ1) is 7.59. The van der Waals surface area contributed by atoms with E-state index >= 15 is 0 Å². The Bertz CT molecular complexity index is 486. The summed E-state index contributed by atoms with van der Waals surface area (Å²) in [4.78, 5) is 15.1. The Morgan fingerprint density at radius 3 is 2.81 bits per heavy atom. The van der Waals surface area contributed by atoms with E-state index in [2.05, 4.69) is 10.1 Å². The molecule has 0 fully saturated rings. The molecule has 0 aromatic carbocycles. The Morgan fingerprint density at radius 1 is 1.50 bits per heavy atom. The SMILES string of the molecule is CC(C)C(C(=O)O)c1cc2cncnn2c1. The number of fused-ring (bicyclic) bond motifs is 1. The highest BCUT2D eigenvalue weighted by molar-refractivity contribution is 5.77. The minimum atomic E-state index is -0.807. The molecule has 2 aromatic heterocycles. The van der Waals surface area contributed by atoms with Gasteiger partial charge in [-0.25, -0.2) is 9.50 Å². The minimum Gasteiger partial charge on any atom is -0.481 e. The van der Waals surface area contributed by atoms with Gasteiger partial charge in [0.1, 0.15) is 6.33 Å². The van der Waals surface area contributed by atoms with Crippen molar-refractivity contribution in [1.82, 2.24) is 14.6 Å². The second-order valence-electron chi connectivity index (χ2n) is 4.11. The molecule has 0 aliphatic rings. The number of hydrogen-bond acceptors (Lipinski definition) is 3. The van der Waals surface area contributed by atoms with E-state index in [4.69, 9.17) is 0 Å². The fraction of sp³-hybridized carbons (Fsp3) is 0.364. The number of carbonyl (C=O) groups is 1. The maximum Gasteiger partial charge on any atom is 0.311 e. The van der Waals surface area contributed by atoms with Gasteiger partial charge in [-0.3, -0.25) is 4.79 Å². The summed E-state index contributed by atoms with van der Waals surface area (Å²) in [7, 11) is 0. The van der Waals surface area contributed by atoms with Crippen LogP contribution < -0.4 is 0 Å².